The Morgan fingerprint density at radius 3 is 2.53 bits per heavy atom. The number of halogens is 1. The zero-order valence-electron chi connectivity index (χ0n) is 11.7. The number of carboxylic acid groups (broad SMARTS) is 1. The molecule has 106 valence electrons. The number of carboxylic acids is 1. The van der Waals surface area contributed by atoms with Crippen molar-refractivity contribution in [3.8, 4) is 5.75 Å². The summed E-state index contributed by atoms with van der Waals surface area (Å²) in [4.78, 5) is 13.0. The Balaban J connectivity index is 2.99. The quantitative estimate of drug-likeness (QED) is 0.870. The maximum Gasteiger partial charge on any atom is 0.306 e. The van der Waals surface area contributed by atoms with Crippen molar-refractivity contribution < 1.29 is 14.6 Å². The molecule has 2 atom stereocenters. The highest BCUT2D eigenvalue weighted by molar-refractivity contribution is 9.10. The molecule has 1 aromatic rings. The lowest BCUT2D eigenvalue weighted by molar-refractivity contribution is -0.141. The molecule has 0 aromatic heterocycles. The summed E-state index contributed by atoms with van der Waals surface area (Å²) >= 11 is 3.46. The third-order valence-corrected chi connectivity index (χ3v) is 3.80. The SMILES string of the molecule is COc1ccc(C(CC(C)C(=O)O)N(C)C)cc1Br. The van der Waals surface area contributed by atoms with Gasteiger partial charge in [0.25, 0.3) is 0 Å². The van der Waals surface area contributed by atoms with Crippen molar-refractivity contribution in [2.45, 2.75) is 19.4 Å². The zero-order chi connectivity index (χ0) is 14.6. The summed E-state index contributed by atoms with van der Waals surface area (Å²) in [5.74, 6) is -0.375. The second-order valence-electron chi connectivity index (χ2n) is 4.85. The summed E-state index contributed by atoms with van der Waals surface area (Å²) in [5.41, 5.74) is 1.07. The number of hydrogen-bond acceptors (Lipinski definition) is 3. The van der Waals surface area contributed by atoms with Gasteiger partial charge in [0.2, 0.25) is 0 Å². The fraction of sp³-hybridized carbons (Fsp3) is 0.500. The lowest BCUT2D eigenvalue weighted by Gasteiger charge is -2.26. The summed E-state index contributed by atoms with van der Waals surface area (Å²) in [6.45, 7) is 1.73. The predicted molar refractivity (Wildman–Crippen MR) is 78.5 cm³/mol. The molecule has 0 fully saturated rings. The summed E-state index contributed by atoms with van der Waals surface area (Å²) in [7, 11) is 5.53. The maximum absolute atomic E-state index is 11.0. The van der Waals surface area contributed by atoms with Crippen molar-refractivity contribution in [2.24, 2.45) is 5.92 Å². The van der Waals surface area contributed by atoms with Crippen LogP contribution in [0.1, 0.15) is 24.9 Å². The van der Waals surface area contributed by atoms with Gasteiger partial charge < -0.3 is 14.7 Å². The minimum atomic E-state index is -0.764. The van der Waals surface area contributed by atoms with Crippen molar-refractivity contribution in [2.75, 3.05) is 21.2 Å². The Kier molecular flexibility index (Phi) is 5.82. The minimum absolute atomic E-state index is 0.0632. The van der Waals surface area contributed by atoms with Gasteiger partial charge in [-0.15, -0.1) is 0 Å². The van der Waals surface area contributed by atoms with Gasteiger partial charge in [-0.1, -0.05) is 13.0 Å². The Hall–Kier alpha value is -1.07. The largest absolute Gasteiger partial charge is 0.496 e. The number of aliphatic carboxylic acids is 1. The van der Waals surface area contributed by atoms with Gasteiger partial charge in [0.1, 0.15) is 5.75 Å². The molecule has 0 heterocycles. The van der Waals surface area contributed by atoms with Gasteiger partial charge >= 0.3 is 5.97 Å². The maximum atomic E-state index is 11.0. The summed E-state index contributed by atoms with van der Waals surface area (Å²) in [6.07, 6.45) is 0.571. The van der Waals surface area contributed by atoms with Crippen LogP contribution in [0.3, 0.4) is 0 Å². The van der Waals surface area contributed by atoms with Gasteiger partial charge in [0.15, 0.2) is 0 Å². The topological polar surface area (TPSA) is 49.8 Å². The van der Waals surface area contributed by atoms with E-state index in [0.717, 1.165) is 15.8 Å². The van der Waals surface area contributed by atoms with E-state index in [1.807, 2.05) is 37.2 Å². The second-order valence-corrected chi connectivity index (χ2v) is 5.70. The molecule has 4 nitrogen and oxygen atoms in total. The first-order valence-electron chi connectivity index (χ1n) is 6.09. The molecule has 0 saturated heterocycles. The van der Waals surface area contributed by atoms with Crippen LogP contribution in [0, 0.1) is 5.92 Å². The second kappa shape index (κ2) is 6.91. The lowest BCUT2D eigenvalue weighted by atomic mass is 9.95. The van der Waals surface area contributed by atoms with Crippen molar-refractivity contribution in [3.05, 3.63) is 28.2 Å². The highest BCUT2D eigenvalue weighted by Crippen LogP contribution is 2.32. The standard InChI is InChI=1S/C14H20BrNO3/c1-9(14(17)18)7-12(16(2)3)10-5-6-13(19-4)11(15)8-10/h5-6,8-9,12H,7H2,1-4H3,(H,17,18). The van der Waals surface area contributed by atoms with Crippen LogP contribution >= 0.6 is 15.9 Å². The van der Waals surface area contributed by atoms with Crippen LogP contribution in [0.4, 0.5) is 0 Å². The van der Waals surface area contributed by atoms with Crippen molar-refractivity contribution >= 4 is 21.9 Å². The molecule has 5 heteroatoms. The van der Waals surface area contributed by atoms with Gasteiger partial charge in [-0.25, -0.2) is 0 Å². The molecule has 0 aliphatic carbocycles. The normalized spacial score (nSPS) is 14.2. The van der Waals surface area contributed by atoms with Crippen LogP contribution in [0.15, 0.2) is 22.7 Å². The average Bonchev–Trinajstić information content (AvgIpc) is 2.34. The van der Waals surface area contributed by atoms with E-state index in [1.165, 1.54) is 0 Å². The Bertz CT molecular complexity index is 448. The van der Waals surface area contributed by atoms with E-state index in [9.17, 15) is 4.79 Å². The van der Waals surface area contributed by atoms with E-state index < -0.39 is 5.97 Å². The number of carbonyl (C=O) groups is 1. The van der Waals surface area contributed by atoms with Gasteiger partial charge in [-0.2, -0.15) is 0 Å². The number of rotatable bonds is 6. The first kappa shape index (κ1) is 16.0. The Labute approximate surface area is 122 Å². The number of hydrogen-bond donors (Lipinski definition) is 1. The third kappa shape index (κ3) is 4.21. The van der Waals surface area contributed by atoms with Crippen molar-refractivity contribution in [1.29, 1.82) is 0 Å². The molecular weight excluding hydrogens is 310 g/mol. The highest BCUT2D eigenvalue weighted by Gasteiger charge is 2.22. The predicted octanol–water partition coefficient (Wildman–Crippen LogP) is 3.17. The van der Waals surface area contributed by atoms with E-state index in [1.54, 1.807) is 14.0 Å². The van der Waals surface area contributed by atoms with Gasteiger partial charge in [0, 0.05) is 6.04 Å². The molecule has 0 saturated carbocycles. The summed E-state index contributed by atoms with van der Waals surface area (Å²) in [5, 5.41) is 9.05. The number of ether oxygens (including phenoxy) is 1. The first-order chi connectivity index (χ1) is 8.86. The minimum Gasteiger partial charge on any atom is -0.496 e. The van der Waals surface area contributed by atoms with E-state index in [2.05, 4.69) is 15.9 Å². The average molecular weight is 330 g/mol. The van der Waals surface area contributed by atoms with E-state index in [-0.39, 0.29) is 12.0 Å². The fourth-order valence-electron chi connectivity index (χ4n) is 1.97. The smallest absolute Gasteiger partial charge is 0.306 e. The molecule has 0 spiro atoms. The summed E-state index contributed by atoms with van der Waals surface area (Å²) < 4.78 is 6.08. The molecule has 1 N–H and O–H groups in total. The molecule has 19 heavy (non-hydrogen) atoms. The van der Waals surface area contributed by atoms with Crippen LogP contribution < -0.4 is 4.74 Å². The Morgan fingerprint density at radius 1 is 1.47 bits per heavy atom. The van der Waals surface area contributed by atoms with Crippen molar-refractivity contribution in [3.63, 3.8) is 0 Å². The monoisotopic (exact) mass is 329 g/mol. The van der Waals surface area contributed by atoms with Crippen LogP contribution in [-0.2, 0) is 4.79 Å². The van der Waals surface area contributed by atoms with Gasteiger partial charge in [0.05, 0.1) is 17.5 Å². The molecule has 0 aliphatic heterocycles. The molecule has 1 rings (SSSR count). The number of nitrogens with zero attached hydrogens (tertiary/aromatic N) is 1. The molecule has 1 aromatic carbocycles. The number of benzene rings is 1. The molecular formula is C14H20BrNO3. The van der Waals surface area contributed by atoms with Crippen LogP contribution in [-0.4, -0.2) is 37.2 Å². The van der Waals surface area contributed by atoms with E-state index in [0.29, 0.717) is 6.42 Å². The lowest BCUT2D eigenvalue weighted by Crippen LogP contribution is -2.24. The van der Waals surface area contributed by atoms with Crippen LogP contribution in [0.5, 0.6) is 5.75 Å². The van der Waals surface area contributed by atoms with E-state index in [4.69, 9.17) is 9.84 Å². The molecule has 0 radical (unpaired) electrons. The van der Waals surface area contributed by atoms with Crippen LogP contribution in [0.25, 0.3) is 0 Å². The summed E-state index contributed by atoms with van der Waals surface area (Å²) in [6, 6.07) is 5.91. The number of methoxy groups -OCH3 is 1. The molecule has 0 amide bonds. The molecule has 0 bridgehead atoms. The first-order valence-corrected chi connectivity index (χ1v) is 6.88. The van der Waals surface area contributed by atoms with Crippen molar-refractivity contribution in [1.82, 2.24) is 4.90 Å². The third-order valence-electron chi connectivity index (χ3n) is 3.18. The highest BCUT2D eigenvalue weighted by atomic mass is 79.9. The Morgan fingerprint density at radius 2 is 2.11 bits per heavy atom. The van der Waals surface area contributed by atoms with Gasteiger partial charge in [-0.3, -0.25) is 4.79 Å². The molecule has 0 aliphatic rings. The molecule has 2 unspecified atom stereocenters. The van der Waals surface area contributed by atoms with E-state index >= 15 is 0 Å². The zero-order valence-corrected chi connectivity index (χ0v) is 13.3. The van der Waals surface area contributed by atoms with Gasteiger partial charge in [-0.05, 0) is 54.1 Å². The van der Waals surface area contributed by atoms with Crippen LogP contribution in [0.2, 0.25) is 0 Å². The fourth-order valence-corrected chi connectivity index (χ4v) is 2.53.